The zero-order valence-corrected chi connectivity index (χ0v) is 17.3. The normalized spacial score (nSPS) is 11.2. The highest BCUT2D eigenvalue weighted by Gasteiger charge is 2.15. The van der Waals surface area contributed by atoms with Gasteiger partial charge < -0.3 is 14.6 Å². The van der Waals surface area contributed by atoms with Crippen LogP contribution in [0, 0.1) is 0 Å². The molecule has 0 aliphatic heterocycles. The fraction of sp³-hybridized carbons (Fsp3) is 0.120. The molecule has 1 N–H and O–H groups in total. The molecule has 3 aromatic carbocycles. The zero-order valence-electron chi connectivity index (χ0n) is 17.3. The summed E-state index contributed by atoms with van der Waals surface area (Å²) in [6.45, 7) is 0.217. The number of hydrogen-bond acceptors (Lipinski definition) is 5. The number of aliphatic imine (C=N–C) groups is 1. The minimum Gasteiger partial charge on any atom is -0.497 e. The molecule has 0 aliphatic rings. The third kappa shape index (κ3) is 4.00. The summed E-state index contributed by atoms with van der Waals surface area (Å²) >= 11 is 0. The summed E-state index contributed by atoms with van der Waals surface area (Å²) in [7, 11) is 3.18. The molecule has 4 rings (SSSR count). The van der Waals surface area contributed by atoms with Crippen LogP contribution in [0.4, 0.5) is 5.69 Å². The second-order valence-electron chi connectivity index (χ2n) is 6.95. The van der Waals surface area contributed by atoms with Gasteiger partial charge in [0.25, 0.3) is 5.56 Å². The average Bonchev–Trinajstić information content (AvgIpc) is 2.82. The van der Waals surface area contributed by atoms with Gasteiger partial charge in [-0.3, -0.25) is 14.4 Å². The standard InChI is InChI=1S/C25H22N2O4/c1-30-18-13-11-17(12-14-18)16-27-24(28)20-8-4-3-7-19(20)21(25(27)29)15-26-22-9-5-6-10-23(22)31-2/h3-15,29H,16H2,1-2H3. The van der Waals surface area contributed by atoms with E-state index in [1.165, 1.54) is 4.57 Å². The number of pyridine rings is 1. The molecule has 0 saturated heterocycles. The summed E-state index contributed by atoms with van der Waals surface area (Å²) in [5.74, 6) is 1.20. The molecule has 0 amide bonds. The van der Waals surface area contributed by atoms with Crippen LogP contribution in [0.15, 0.2) is 82.6 Å². The highest BCUT2D eigenvalue weighted by atomic mass is 16.5. The first kappa shape index (κ1) is 20.2. The maximum atomic E-state index is 13.1. The van der Waals surface area contributed by atoms with Gasteiger partial charge >= 0.3 is 0 Å². The summed E-state index contributed by atoms with van der Waals surface area (Å²) in [4.78, 5) is 17.6. The van der Waals surface area contributed by atoms with Crippen molar-refractivity contribution in [3.05, 3.63) is 94.3 Å². The number of hydrogen-bond donors (Lipinski definition) is 1. The van der Waals surface area contributed by atoms with Crippen molar-refractivity contribution < 1.29 is 14.6 Å². The number of benzene rings is 3. The number of nitrogens with zero attached hydrogens (tertiary/aromatic N) is 2. The molecule has 6 heteroatoms. The van der Waals surface area contributed by atoms with E-state index in [4.69, 9.17) is 9.47 Å². The van der Waals surface area contributed by atoms with Crippen molar-refractivity contribution in [2.45, 2.75) is 6.54 Å². The molecular formula is C25H22N2O4. The Morgan fingerprint density at radius 2 is 1.58 bits per heavy atom. The summed E-state index contributed by atoms with van der Waals surface area (Å²) in [5, 5.41) is 12.2. The quantitative estimate of drug-likeness (QED) is 0.471. The van der Waals surface area contributed by atoms with Crippen LogP contribution in [0.2, 0.25) is 0 Å². The van der Waals surface area contributed by atoms with E-state index in [1.54, 1.807) is 38.6 Å². The highest BCUT2D eigenvalue weighted by Crippen LogP contribution is 2.29. The topological polar surface area (TPSA) is 73.1 Å². The molecule has 0 fully saturated rings. The van der Waals surface area contributed by atoms with Crippen LogP contribution in [-0.4, -0.2) is 30.1 Å². The van der Waals surface area contributed by atoms with Gasteiger partial charge in [0.15, 0.2) is 0 Å². The van der Waals surface area contributed by atoms with E-state index in [0.717, 1.165) is 11.3 Å². The largest absolute Gasteiger partial charge is 0.497 e. The number of methoxy groups -OCH3 is 2. The van der Waals surface area contributed by atoms with Gasteiger partial charge in [0.1, 0.15) is 17.2 Å². The Morgan fingerprint density at radius 1 is 0.903 bits per heavy atom. The lowest BCUT2D eigenvalue weighted by molar-refractivity contribution is 0.412. The Hall–Kier alpha value is -4.06. The van der Waals surface area contributed by atoms with Crippen LogP contribution in [0.25, 0.3) is 10.8 Å². The Labute approximate surface area is 179 Å². The van der Waals surface area contributed by atoms with Gasteiger partial charge in [-0.05, 0) is 35.9 Å². The number of aromatic hydroxyl groups is 1. The van der Waals surface area contributed by atoms with E-state index in [2.05, 4.69) is 4.99 Å². The lowest BCUT2D eigenvalue weighted by Crippen LogP contribution is -2.22. The molecule has 1 aromatic heterocycles. The van der Waals surface area contributed by atoms with E-state index in [1.807, 2.05) is 54.6 Å². The number of ether oxygens (including phenoxy) is 2. The van der Waals surface area contributed by atoms with Crippen LogP contribution in [-0.2, 0) is 6.54 Å². The fourth-order valence-electron chi connectivity index (χ4n) is 3.47. The van der Waals surface area contributed by atoms with Crippen molar-refractivity contribution in [2.24, 2.45) is 4.99 Å². The van der Waals surface area contributed by atoms with Gasteiger partial charge in [0.05, 0.1) is 26.3 Å². The monoisotopic (exact) mass is 414 g/mol. The smallest absolute Gasteiger partial charge is 0.261 e. The Morgan fingerprint density at radius 3 is 2.29 bits per heavy atom. The van der Waals surface area contributed by atoms with Crippen molar-refractivity contribution in [3.63, 3.8) is 0 Å². The molecule has 0 saturated carbocycles. The predicted octanol–water partition coefficient (Wildman–Crippen LogP) is 4.52. The van der Waals surface area contributed by atoms with Gasteiger partial charge in [-0.15, -0.1) is 0 Å². The van der Waals surface area contributed by atoms with E-state index >= 15 is 0 Å². The molecular weight excluding hydrogens is 392 g/mol. The molecule has 1 heterocycles. The maximum absolute atomic E-state index is 13.1. The van der Waals surface area contributed by atoms with Crippen LogP contribution in [0.5, 0.6) is 17.4 Å². The van der Waals surface area contributed by atoms with Crippen molar-refractivity contribution in [2.75, 3.05) is 14.2 Å². The number of rotatable bonds is 6. The Balaban J connectivity index is 1.84. The van der Waals surface area contributed by atoms with Gasteiger partial charge in [-0.1, -0.05) is 42.5 Å². The Bertz CT molecular complexity index is 1310. The molecule has 6 nitrogen and oxygen atoms in total. The third-order valence-electron chi connectivity index (χ3n) is 5.11. The van der Waals surface area contributed by atoms with Crippen LogP contribution >= 0.6 is 0 Å². The minimum absolute atomic E-state index is 0.141. The minimum atomic E-state index is -0.265. The van der Waals surface area contributed by atoms with Crippen LogP contribution in [0.3, 0.4) is 0 Å². The predicted molar refractivity (Wildman–Crippen MR) is 122 cm³/mol. The van der Waals surface area contributed by atoms with Gasteiger partial charge in [0.2, 0.25) is 5.88 Å². The molecule has 0 unspecified atom stereocenters. The lowest BCUT2D eigenvalue weighted by Gasteiger charge is -2.14. The summed E-state index contributed by atoms with van der Waals surface area (Å²) in [5.41, 5.74) is 1.69. The third-order valence-corrected chi connectivity index (χ3v) is 5.11. The van der Waals surface area contributed by atoms with Crippen molar-refractivity contribution in [1.29, 1.82) is 0 Å². The van der Waals surface area contributed by atoms with Gasteiger partial charge in [-0.25, -0.2) is 0 Å². The second-order valence-corrected chi connectivity index (χ2v) is 6.95. The first-order chi connectivity index (χ1) is 15.1. The van der Waals surface area contributed by atoms with E-state index in [-0.39, 0.29) is 18.0 Å². The van der Waals surface area contributed by atoms with Crippen molar-refractivity contribution in [1.82, 2.24) is 4.57 Å². The highest BCUT2D eigenvalue weighted by molar-refractivity contribution is 6.02. The molecule has 0 bridgehead atoms. The van der Waals surface area contributed by atoms with Gasteiger partial charge in [0, 0.05) is 17.0 Å². The first-order valence-corrected chi connectivity index (χ1v) is 9.77. The van der Waals surface area contributed by atoms with E-state index < -0.39 is 0 Å². The van der Waals surface area contributed by atoms with Crippen LogP contribution < -0.4 is 15.0 Å². The summed E-state index contributed by atoms with van der Waals surface area (Å²) in [6, 6.07) is 21.9. The lowest BCUT2D eigenvalue weighted by atomic mass is 10.1. The van der Waals surface area contributed by atoms with E-state index in [0.29, 0.717) is 27.8 Å². The molecule has 4 aromatic rings. The molecule has 156 valence electrons. The number of para-hydroxylation sites is 2. The molecule has 31 heavy (non-hydrogen) atoms. The van der Waals surface area contributed by atoms with Gasteiger partial charge in [-0.2, -0.15) is 0 Å². The van der Waals surface area contributed by atoms with Crippen molar-refractivity contribution >= 4 is 22.7 Å². The average molecular weight is 414 g/mol. The number of fused-ring (bicyclic) bond motifs is 1. The summed E-state index contributed by atoms with van der Waals surface area (Å²) < 4.78 is 11.9. The fourth-order valence-corrected chi connectivity index (χ4v) is 3.47. The second kappa shape index (κ2) is 8.75. The first-order valence-electron chi connectivity index (χ1n) is 9.77. The number of aromatic nitrogens is 1. The van der Waals surface area contributed by atoms with E-state index in [9.17, 15) is 9.90 Å². The Kier molecular flexibility index (Phi) is 5.71. The SMILES string of the molecule is COc1ccc(Cn2c(O)c(C=Nc3ccccc3OC)c3ccccc3c2=O)cc1. The summed E-state index contributed by atoms with van der Waals surface area (Å²) in [6.07, 6.45) is 1.57. The van der Waals surface area contributed by atoms with Crippen LogP contribution in [0.1, 0.15) is 11.1 Å². The maximum Gasteiger partial charge on any atom is 0.261 e. The zero-order chi connectivity index (χ0) is 21.8. The molecule has 0 spiro atoms. The molecule has 0 aliphatic carbocycles. The molecule has 0 radical (unpaired) electrons. The molecule has 0 atom stereocenters. The van der Waals surface area contributed by atoms with Crippen molar-refractivity contribution in [3.8, 4) is 17.4 Å².